The van der Waals surface area contributed by atoms with Crippen molar-refractivity contribution in [3.8, 4) is 6.07 Å². The van der Waals surface area contributed by atoms with Gasteiger partial charge >= 0.3 is 0 Å². The molecule has 0 fully saturated rings. The Kier molecular flexibility index (Phi) is 6.05. The Morgan fingerprint density at radius 1 is 1.45 bits per heavy atom. The van der Waals surface area contributed by atoms with Gasteiger partial charge in [-0.05, 0) is 17.5 Å². The van der Waals surface area contributed by atoms with Gasteiger partial charge in [0.2, 0.25) is 0 Å². The van der Waals surface area contributed by atoms with E-state index >= 15 is 0 Å². The SMILES string of the molecule is C=CCN/C=C(/C#N)C(=O)Nc1ccccc1C(C)C. The van der Waals surface area contributed by atoms with Crippen molar-refractivity contribution >= 4 is 11.6 Å². The van der Waals surface area contributed by atoms with E-state index in [9.17, 15) is 4.79 Å². The molecule has 0 spiro atoms. The van der Waals surface area contributed by atoms with Gasteiger partial charge < -0.3 is 10.6 Å². The molecule has 0 saturated carbocycles. The Bertz CT molecular complexity index is 553. The molecule has 0 aromatic heterocycles. The van der Waals surface area contributed by atoms with E-state index in [0.717, 1.165) is 11.3 Å². The first kappa shape index (κ1) is 15.5. The second-order valence-electron chi connectivity index (χ2n) is 4.56. The molecule has 2 N–H and O–H groups in total. The number of para-hydroxylation sites is 1. The van der Waals surface area contributed by atoms with Crippen molar-refractivity contribution < 1.29 is 4.79 Å². The molecule has 4 nitrogen and oxygen atoms in total. The van der Waals surface area contributed by atoms with Crippen LogP contribution in [0.4, 0.5) is 5.69 Å². The summed E-state index contributed by atoms with van der Waals surface area (Å²) in [5.74, 6) is -0.128. The number of carbonyl (C=O) groups is 1. The lowest BCUT2D eigenvalue weighted by Gasteiger charge is -2.13. The summed E-state index contributed by atoms with van der Waals surface area (Å²) < 4.78 is 0. The van der Waals surface area contributed by atoms with Gasteiger partial charge in [0.25, 0.3) is 5.91 Å². The van der Waals surface area contributed by atoms with E-state index in [0.29, 0.717) is 12.5 Å². The molecule has 0 aliphatic rings. The van der Waals surface area contributed by atoms with Crippen LogP contribution in [0, 0.1) is 11.3 Å². The fraction of sp³-hybridized carbons (Fsp3) is 0.250. The van der Waals surface area contributed by atoms with Crippen molar-refractivity contribution in [2.45, 2.75) is 19.8 Å². The molecule has 0 saturated heterocycles. The first-order valence-corrected chi connectivity index (χ1v) is 6.45. The van der Waals surface area contributed by atoms with Gasteiger partial charge in [-0.1, -0.05) is 38.1 Å². The van der Waals surface area contributed by atoms with E-state index in [2.05, 4.69) is 31.1 Å². The van der Waals surface area contributed by atoms with Gasteiger partial charge in [-0.3, -0.25) is 4.79 Å². The number of benzene rings is 1. The number of hydrogen-bond acceptors (Lipinski definition) is 3. The van der Waals surface area contributed by atoms with Gasteiger partial charge in [0.15, 0.2) is 0 Å². The first-order chi connectivity index (χ1) is 9.60. The Labute approximate surface area is 119 Å². The van der Waals surface area contributed by atoms with Crippen LogP contribution in [0.2, 0.25) is 0 Å². The zero-order valence-electron chi connectivity index (χ0n) is 11.8. The van der Waals surface area contributed by atoms with Gasteiger partial charge in [-0.25, -0.2) is 0 Å². The van der Waals surface area contributed by atoms with Crippen molar-refractivity contribution in [2.24, 2.45) is 0 Å². The minimum Gasteiger partial charge on any atom is -0.386 e. The number of carbonyl (C=O) groups excluding carboxylic acids is 1. The van der Waals surface area contributed by atoms with E-state index in [4.69, 9.17) is 5.26 Å². The maximum atomic E-state index is 12.0. The number of hydrogen-bond donors (Lipinski definition) is 2. The highest BCUT2D eigenvalue weighted by atomic mass is 16.1. The molecule has 20 heavy (non-hydrogen) atoms. The quantitative estimate of drug-likeness (QED) is 0.361. The molecule has 104 valence electrons. The zero-order valence-corrected chi connectivity index (χ0v) is 11.8. The molecule has 1 amide bonds. The van der Waals surface area contributed by atoms with Crippen molar-refractivity contribution in [3.63, 3.8) is 0 Å². The van der Waals surface area contributed by atoms with E-state index in [1.54, 1.807) is 6.08 Å². The molecule has 0 heterocycles. The normalized spacial score (nSPS) is 10.8. The Hall–Kier alpha value is -2.54. The summed E-state index contributed by atoms with van der Waals surface area (Å²) >= 11 is 0. The van der Waals surface area contributed by atoms with Gasteiger partial charge in [-0.15, -0.1) is 6.58 Å². The van der Waals surface area contributed by atoms with Crippen LogP contribution in [0.5, 0.6) is 0 Å². The number of anilines is 1. The molecule has 1 aromatic carbocycles. The molecule has 0 aliphatic carbocycles. The molecule has 0 bridgehead atoms. The number of nitrogens with one attached hydrogen (secondary N) is 2. The third-order valence-electron chi connectivity index (χ3n) is 2.70. The van der Waals surface area contributed by atoms with Gasteiger partial charge in [-0.2, -0.15) is 5.26 Å². The van der Waals surface area contributed by atoms with Crippen molar-refractivity contribution in [3.05, 3.63) is 54.3 Å². The van der Waals surface area contributed by atoms with E-state index in [-0.39, 0.29) is 5.57 Å². The van der Waals surface area contributed by atoms with Crippen molar-refractivity contribution in [2.75, 3.05) is 11.9 Å². The molecule has 4 heteroatoms. The third kappa shape index (κ3) is 4.29. The summed E-state index contributed by atoms with van der Waals surface area (Å²) in [6.45, 7) is 8.16. The minimum atomic E-state index is -0.419. The molecule has 0 radical (unpaired) electrons. The lowest BCUT2D eigenvalue weighted by molar-refractivity contribution is -0.112. The largest absolute Gasteiger partial charge is 0.386 e. The van der Waals surface area contributed by atoms with E-state index < -0.39 is 5.91 Å². The second-order valence-corrected chi connectivity index (χ2v) is 4.56. The minimum absolute atomic E-state index is 0.0328. The fourth-order valence-electron chi connectivity index (χ4n) is 1.70. The van der Waals surface area contributed by atoms with Crippen LogP contribution >= 0.6 is 0 Å². The number of amides is 1. The van der Waals surface area contributed by atoms with Crippen LogP contribution in [0.3, 0.4) is 0 Å². The summed E-state index contributed by atoms with van der Waals surface area (Å²) in [7, 11) is 0. The molecular formula is C16H19N3O. The predicted molar refractivity (Wildman–Crippen MR) is 81.1 cm³/mol. The maximum absolute atomic E-state index is 12.0. The summed E-state index contributed by atoms with van der Waals surface area (Å²) in [4.78, 5) is 12.0. The van der Waals surface area contributed by atoms with Gasteiger partial charge in [0.1, 0.15) is 11.6 Å². The molecule has 0 atom stereocenters. The topological polar surface area (TPSA) is 64.9 Å². The molecular weight excluding hydrogens is 250 g/mol. The summed E-state index contributed by atoms with van der Waals surface area (Å²) in [5.41, 5.74) is 1.81. The van der Waals surface area contributed by atoms with Crippen LogP contribution < -0.4 is 10.6 Å². The fourth-order valence-corrected chi connectivity index (χ4v) is 1.70. The predicted octanol–water partition coefficient (Wildman–Crippen LogP) is 2.93. The smallest absolute Gasteiger partial charge is 0.267 e. The number of rotatable bonds is 6. The monoisotopic (exact) mass is 269 g/mol. The van der Waals surface area contributed by atoms with E-state index in [1.165, 1.54) is 6.20 Å². The van der Waals surface area contributed by atoms with Crippen LogP contribution in [-0.4, -0.2) is 12.5 Å². The molecule has 0 unspecified atom stereocenters. The van der Waals surface area contributed by atoms with Crippen LogP contribution in [0.1, 0.15) is 25.3 Å². The van der Waals surface area contributed by atoms with Gasteiger partial charge in [0, 0.05) is 18.4 Å². The Morgan fingerprint density at radius 3 is 2.75 bits per heavy atom. The molecule has 1 aromatic rings. The lowest BCUT2D eigenvalue weighted by Crippen LogP contribution is -2.17. The summed E-state index contributed by atoms with van der Waals surface area (Å²) in [6, 6.07) is 9.46. The zero-order chi connectivity index (χ0) is 15.0. The average Bonchev–Trinajstić information content (AvgIpc) is 2.44. The summed E-state index contributed by atoms with van der Waals surface area (Å²) in [6.07, 6.45) is 3.05. The molecule has 1 rings (SSSR count). The standard InChI is InChI=1S/C16H19N3O/c1-4-9-18-11-13(10-17)16(20)19-15-8-6-5-7-14(15)12(2)3/h4-8,11-12,18H,1,9H2,2-3H3,(H,19,20)/b13-11-. The number of nitrogens with zero attached hydrogens (tertiary/aromatic N) is 1. The number of nitriles is 1. The Morgan fingerprint density at radius 2 is 2.15 bits per heavy atom. The van der Waals surface area contributed by atoms with Crippen LogP contribution in [-0.2, 0) is 4.79 Å². The highest BCUT2D eigenvalue weighted by Crippen LogP contribution is 2.23. The van der Waals surface area contributed by atoms with Crippen LogP contribution in [0.25, 0.3) is 0 Å². The van der Waals surface area contributed by atoms with Gasteiger partial charge in [0.05, 0.1) is 0 Å². The molecule has 0 aliphatic heterocycles. The van der Waals surface area contributed by atoms with Crippen molar-refractivity contribution in [1.29, 1.82) is 5.26 Å². The second kappa shape index (κ2) is 7.80. The first-order valence-electron chi connectivity index (χ1n) is 6.45. The van der Waals surface area contributed by atoms with Crippen molar-refractivity contribution in [1.82, 2.24) is 5.32 Å². The van der Waals surface area contributed by atoms with E-state index in [1.807, 2.05) is 30.3 Å². The highest BCUT2D eigenvalue weighted by Gasteiger charge is 2.12. The van der Waals surface area contributed by atoms with Crippen LogP contribution in [0.15, 0.2) is 48.7 Å². The average molecular weight is 269 g/mol. The Balaban J connectivity index is 2.87. The highest BCUT2D eigenvalue weighted by molar-refractivity contribution is 6.06. The third-order valence-corrected chi connectivity index (χ3v) is 2.70. The lowest BCUT2D eigenvalue weighted by atomic mass is 10.0. The maximum Gasteiger partial charge on any atom is 0.267 e. The summed E-state index contributed by atoms with van der Waals surface area (Å²) in [5, 5.41) is 14.6.